The molecule has 1 fully saturated rings. The van der Waals surface area contributed by atoms with E-state index in [-0.39, 0.29) is 5.91 Å². The van der Waals surface area contributed by atoms with Crippen molar-refractivity contribution in [3.63, 3.8) is 0 Å². The molecular weight excluding hydrogens is 328 g/mol. The zero-order valence-corrected chi connectivity index (χ0v) is 14.4. The second-order valence-corrected chi connectivity index (χ2v) is 7.07. The van der Waals surface area contributed by atoms with Gasteiger partial charge in [0, 0.05) is 41.7 Å². The zero-order valence-electron chi connectivity index (χ0n) is 14.4. The molecule has 1 amide bonds. The first-order chi connectivity index (χ1) is 12.7. The normalized spacial score (nSPS) is 17.1. The molecule has 0 atom stereocenters. The van der Waals surface area contributed by atoms with Crippen molar-refractivity contribution in [2.75, 3.05) is 5.32 Å². The first-order valence-corrected chi connectivity index (χ1v) is 9.08. The largest absolute Gasteiger partial charge is 0.448 e. The lowest BCUT2D eigenvalue weighted by atomic mass is 10.1. The zero-order chi connectivity index (χ0) is 17.6. The predicted octanol–water partition coefficient (Wildman–Crippen LogP) is 4.39. The molecule has 2 aliphatic rings. The number of aromatic nitrogens is 1. The molecule has 2 N–H and O–H groups in total. The van der Waals surface area contributed by atoms with E-state index in [0.29, 0.717) is 6.42 Å². The smallest absolute Gasteiger partial charge is 0.251 e. The molecule has 0 unspecified atom stereocenters. The van der Waals surface area contributed by atoms with Gasteiger partial charge in [-0.3, -0.25) is 4.79 Å². The summed E-state index contributed by atoms with van der Waals surface area (Å²) < 4.78 is 12.1. The number of carbonyl (C=O) groups excluding carboxylic acids is 1. The SMILES string of the molecule is O=C(Cc1c[nH]c2ccccc12)Nc1ccc2c(c1)OC1(CCCC1)O2. The van der Waals surface area contributed by atoms with Gasteiger partial charge in [0.1, 0.15) is 0 Å². The summed E-state index contributed by atoms with van der Waals surface area (Å²) in [5.41, 5.74) is 2.76. The molecule has 1 saturated carbocycles. The Labute approximate surface area is 151 Å². The Bertz CT molecular complexity index is 986. The Morgan fingerprint density at radius 3 is 2.77 bits per heavy atom. The van der Waals surface area contributed by atoms with Gasteiger partial charge in [0.2, 0.25) is 5.91 Å². The Morgan fingerprint density at radius 1 is 1.08 bits per heavy atom. The Balaban J connectivity index is 1.30. The van der Waals surface area contributed by atoms with Gasteiger partial charge in [-0.25, -0.2) is 0 Å². The van der Waals surface area contributed by atoms with Crippen LogP contribution in [-0.4, -0.2) is 16.7 Å². The topological polar surface area (TPSA) is 63.4 Å². The fraction of sp³-hybridized carbons (Fsp3) is 0.286. The monoisotopic (exact) mass is 348 g/mol. The van der Waals surface area contributed by atoms with E-state index in [1.54, 1.807) is 0 Å². The lowest BCUT2D eigenvalue weighted by Crippen LogP contribution is -2.34. The van der Waals surface area contributed by atoms with Crippen molar-refractivity contribution in [3.8, 4) is 11.5 Å². The maximum atomic E-state index is 12.5. The fourth-order valence-electron chi connectivity index (χ4n) is 3.95. The molecule has 1 spiro atoms. The van der Waals surface area contributed by atoms with Crippen LogP contribution >= 0.6 is 0 Å². The minimum absolute atomic E-state index is 0.0517. The van der Waals surface area contributed by atoms with Crippen LogP contribution in [0.1, 0.15) is 31.2 Å². The van der Waals surface area contributed by atoms with E-state index < -0.39 is 5.79 Å². The standard InChI is InChI=1S/C21H20N2O3/c24-20(11-14-13-22-17-6-2-1-5-16(14)17)23-15-7-8-18-19(12-15)26-21(25-18)9-3-4-10-21/h1-2,5-8,12-13,22H,3-4,9-11H2,(H,23,24). The molecule has 132 valence electrons. The molecule has 0 bridgehead atoms. The lowest BCUT2D eigenvalue weighted by Gasteiger charge is -2.21. The number of amides is 1. The van der Waals surface area contributed by atoms with Gasteiger partial charge in [0.05, 0.1) is 6.42 Å². The number of rotatable bonds is 3. The van der Waals surface area contributed by atoms with E-state index >= 15 is 0 Å². The van der Waals surface area contributed by atoms with Gasteiger partial charge in [-0.2, -0.15) is 0 Å². The second-order valence-electron chi connectivity index (χ2n) is 7.07. The van der Waals surface area contributed by atoms with Crippen LogP contribution in [-0.2, 0) is 11.2 Å². The maximum Gasteiger partial charge on any atom is 0.251 e. The van der Waals surface area contributed by atoms with Crippen molar-refractivity contribution in [1.29, 1.82) is 0 Å². The summed E-state index contributed by atoms with van der Waals surface area (Å²) in [7, 11) is 0. The van der Waals surface area contributed by atoms with Crippen molar-refractivity contribution < 1.29 is 14.3 Å². The fourth-order valence-corrected chi connectivity index (χ4v) is 3.95. The summed E-state index contributed by atoms with van der Waals surface area (Å²) in [4.78, 5) is 15.7. The number of carbonyl (C=O) groups is 1. The van der Waals surface area contributed by atoms with E-state index in [0.717, 1.165) is 59.3 Å². The lowest BCUT2D eigenvalue weighted by molar-refractivity contribution is -0.115. The van der Waals surface area contributed by atoms with E-state index in [1.807, 2.05) is 48.7 Å². The van der Waals surface area contributed by atoms with Crippen LogP contribution in [0.4, 0.5) is 5.69 Å². The molecule has 0 saturated heterocycles. The van der Waals surface area contributed by atoms with Crippen molar-refractivity contribution in [2.45, 2.75) is 37.9 Å². The highest BCUT2D eigenvalue weighted by molar-refractivity contribution is 5.96. The summed E-state index contributed by atoms with van der Waals surface area (Å²) in [6.45, 7) is 0. The summed E-state index contributed by atoms with van der Waals surface area (Å²) in [6, 6.07) is 13.6. The van der Waals surface area contributed by atoms with Crippen molar-refractivity contribution >= 4 is 22.5 Å². The number of hydrogen-bond donors (Lipinski definition) is 2. The van der Waals surface area contributed by atoms with Crippen LogP contribution in [0.3, 0.4) is 0 Å². The Hall–Kier alpha value is -2.95. The van der Waals surface area contributed by atoms with Crippen LogP contribution in [0.15, 0.2) is 48.7 Å². The first kappa shape index (κ1) is 15.3. The van der Waals surface area contributed by atoms with Crippen LogP contribution in [0.25, 0.3) is 10.9 Å². The van der Waals surface area contributed by atoms with E-state index in [2.05, 4.69) is 10.3 Å². The van der Waals surface area contributed by atoms with Crippen LogP contribution in [0, 0.1) is 0 Å². The summed E-state index contributed by atoms with van der Waals surface area (Å²) in [5.74, 6) is 0.956. The molecule has 2 heterocycles. The van der Waals surface area contributed by atoms with Gasteiger partial charge in [-0.15, -0.1) is 0 Å². The molecule has 2 aromatic carbocycles. The average Bonchev–Trinajstić information content (AvgIpc) is 3.34. The molecule has 1 aliphatic heterocycles. The molecule has 5 nitrogen and oxygen atoms in total. The second kappa shape index (κ2) is 5.80. The molecule has 1 aromatic heterocycles. The third-order valence-corrected chi connectivity index (χ3v) is 5.21. The molecule has 5 heteroatoms. The predicted molar refractivity (Wildman–Crippen MR) is 99.5 cm³/mol. The molecule has 5 rings (SSSR count). The van der Waals surface area contributed by atoms with Crippen molar-refractivity contribution in [3.05, 3.63) is 54.2 Å². The van der Waals surface area contributed by atoms with Crippen molar-refractivity contribution in [2.24, 2.45) is 0 Å². The minimum Gasteiger partial charge on any atom is -0.448 e. The highest BCUT2D eigenvalue weighted by atomic mass is 16.7. The van der Waals surface area contributed by atoms with Gasteiger partial charge in [0.25, 0.3) is 5.79 Å². The number of H-pyrrole nitrogens is 1. The number of benzene rings is 2. The highest BCUT2D eigenvalue weighted by Crippen LogP contribution is 2.47. The van der Waals surface area contributed by atoms with Gasteiger partial charge in [-0.05, 0) is 36.6 Å². The minimum atomic E-state index is -0.477. The number of ether oxygens (including phenoxy) is 2. The maximum absolute atomic E-state index is 12.5. The molecular formula is C21H20N2O3. The van der Waals surface area contributed by atoms with Crippen LogP contribution in [0.2, 0.25) is 0 Å². The average molecular weight is 348 g/mol. The Kier molecular flexibility index (Phi) is 3.42. The number of anilines is 1. The van der Waals surface area contributed by atoms with E-state index in [4.69, 9.17) is 9.47 Å². The van der Waals surface area contributed by atoms with Gasteiger partial charge in [-0.1, -0.05) is 18.2 Å². The summed E-state index contributed by atoms with van der Waals surface area (Å²) >= 11 is 0. The van der Waals surface area contributed by atoms with Gasteiger partial charge in [0.15, 0.2) is 11.5 Å². The summed E-state index contributed by atoms with van der Waals surface area (Å²) in [5, 5.41) is 4.05. The van der Waals surface area contributed by atoms with E-state index in [9.17, 15) is 4.79 Å². The van der Waals surface area contributed by atoms with Crippen LogP contribution < -0.4 is 14.8 Å². The quantitative estimate of drug-likeness (QED) is 0.738. The molecule has 3 aromatic rings. The molecule has 0 radical (unpaired) electrons. The molecule has 26 heavy (non-hydrogen) atoms. The third-order valence-electron chi connectivity index (χ3n) is 5.21. The number of hydrogen-bond acceptors (Lipinski definition) is 3. The van der Waals surface area contributed by atoms with E-state index in [1.165, 1.54) is 0 Å². The Morgan fingerprint density at radius 2 is 1.88 bits per heavy atom. The van der Waals surface area contributed by atoms with Crippen molar-refractivity contribution in [1.82, 2.24) is 4.98 Å². The first-order valence-electron chi connectivity index (χ1n) is 9.08. The van der Waals surface area contributed by atoms with Gasteiger partial charge < -0.3 is 19.8 Å². The number of fused-ring (bicyclic) bond motifs is 2. The van der Waals surface area contributed by atoms with Gasteiger partial charge >= 0.3 is 0 Å². The molecule has 1 aliphatic carbocycles. The highest BCUT2D eigenvalue weighted by Gasteiger charge is 2.44. The number of aromatic amines is 1. The number of nitrogens with one attached hydrogen (secondary N) is 2. The summed E-state index contributed by atoms with van der Waals surface area (Å²) in [6.07, 6.45) is 6.31. The third kappa shape index (κ3) is 2.60. The van der Waals surface area contributed by atoms with Crippen LogP contribution in [0.5, 0.6) is 11.5 Å². The number of para-hydroxylation sites is 1.